The van der Waals surface area contributed by atoms with Crippen LogP contribution in [0.3, 0.4) is 0 Å². The van der Waals surface area contributed by atoms with Crippen LogP contribution in [0.25, 0.3) is 0 Å². The Morgan fingerprint density at radius 2 is 2.36 bits per heavy atom. The van der Waals surface area contributed by atoms with Crippen molar-refractivity contribution >= 4 is 12.0 Å². The summed E-state index contributed by atoms with van der Waals surface area (Å²) in [4.78, 5) is 23.6. The first-order valence-electron chi connectivity index (χ1n) is 3.73. The van der Waals surface area contributed by atoms with Gasteiger partial charge in [0.15, 0.2) is 12.0 Å². The topological polar surface area (TPSA) is 73.1 Å². The Kier molecular flexibility index (Phi) is 2.55. The molecule has 5 nitrogen and oxygen atoms in total. The molecule has 0 aliphatic rings. The van der Waals surface area contributed by atoms with Crippen LogP contribution in [-0.2, 0) is 10.5 Å². The van der Waals surface area contributed by atoms with Gasteiger partial charge in [0.25, 0.3) is 5.69 Å². The minimum atomic E-state index is -2.36. The maximum Gasteiger partial charge on any atom is 0.294 e. The first kappa shape index (κ1) is 10.2. The van der Waals surface area contributed by atoms with E-state index in [2.05, 4.69) is 4.98 Å². The number of pyridine rings is 1. The zero-order chi connectivity index (χ0) is 10.8. The van der Waals surface area contributed by atoms with Gasteiger partial charge >= 0.3 is 0 Å². The van der Waals surface area contributed by atoms with Crippen molar-refractivity contribution < 1.29 is 14.1 Å². The molecule has 14 heavy (non-hydrogen) atoms. The van der Waals surface area contributed by atoms with Gasteiger partial charge in [-0.2, -0.15) is 0 Å². The molecule has 0 radical (unpaired) electrons. The molecule has 0 spiro atoms. The molecule has 0 amide bonds. The van der Waals surface area contributed by atoms with E-state index in [1.165, 1.54) is 6.20 Å². The van der Waals surface area contributed by atoms with Crippen LogP contribution in [0, 0.1) is 10.1 Å². The van der Waals surface area contributed by atoms with Gasteiger partial charge in [0.1, 0.15) is 6.20 Å². The summed E-state index contributed by atoms with van der Waals surface area (Å²) in [6.07, 6.45) is 2.13. The molecule has 0 aliphatic heterocycles. The van der Waals surface area contributed by atoms with E-state index in [0.29, 0.717) is 0 Å². The van der Waals surface area contributed by atoms with Gasteiger partial charge in [0.05, 0.1) is 10.5 Å². The Morgan fingerprint density at radius 1 is 1.71 bits per heavy atom. The maximum absolute atomic E-state index is 13.5. The van der Waals surface area contributed by atoms with E-state index in [1.807, 2.05) is 0 Å². The summed E-state index contributed by atoms with van der Waals surface area (Å²) in [5, 5.41) is 10.5. The zero-order valence-electron chi connectivity index (χ0n) is 7.31. The maximum atomic E-state index is 13.5. The van der Waals surface area contributed by atoms with Gasteiger partial charge in [-0.25, -0.2) is 4.39 Å². The first-order valence-corrected chi connectivity index (χ1v) is 3.73. The van der Waals surface area contributed by atoms with Gasteiger partial charge in [-0.1, -0.05) is 0 Å². The van der Waals surface area contributed by atoms with Gasteiger partial charge < -0.3 is 0 Å². The van der Waals surface area contributed by atoms with Crippen molar-refractivity contribution in [2.45, 2.75) is 12.6 Å². The number of nitro groups is 1. The third-order valence-electron chi connectivity index (χ3n) is 1.74. The standard InChI is InChI=1S/C8H7FN2O3/c1-8(9,5-12)6-2-3-10-4-7(6)11(13)14/h2-5H,1H3. The molecule has 0 bridgehead atoms. The van der Waals surface area contributed by atoms with Gasteiger partial charge in [-0.05, 0) is 13.0 Å². The number of aromatic nitrogens is 1. The quantitative estimate of drug-likeness (QED) is 0.417. The molecular weight excluding hydrogens is 191 g/mol. The number of rotatable bonds is 3. The van der Waals surface area contributed by atoms with Crippen molar-refractivity contribution in [1.29, 1.82) is 0 Å². The van der Waals surface area contributed by atoms with E-state index in [-0.39, 0.29) is 11.8 Å². The number of hydrogen-bond donors (Lipinski definition) is 0. The second-order valence-corrected chi connectivity index (χ2v) is 2.84. The van der Waals surface area contributed by atoms with Crippen molar-refractivity contribution in [3.05, 3.63) is 34.1 Å². The predicted molar refractivity (Wildman–Crippen MR) is 45.4 cm³/mol. The Morgan fingerprint density at radius 3 is 2.86 bits per heavy atom. The van der Waals surface area contributed by atoms with E-state index in [1.54, 1.807) is 0 Å². The summed E-state index contributed by atoms with van der Waals surface area (Å²) < 4.78 is 13.5. The molecule has 0 N–H and O–H groups in total. The molecule has 1 heterocycles. The molecule has 6 heteroatoms. The number of carbonyl (C=O) groups is 1. The van der Waals surface area contributed by atoms with Crippen LogP contribution in [0.4, 0.5) is 10.1 Å². The van der Waals surface area contributed by atoms with Crippen LogP contribution in [0.1, 0.15) is 12.5 Å². The van der Waals surface area contributed by atoms with E-state index in [9.17, 15) is 19.3 Å². The smallest absolute Gasteiger partial charge is 0.294 e. The van der Waals surface area contributed by atoms with Crippen LogP contribution in [-0.4, -0.2) is 16.2 Å². The second-order valence-electron chi connectivity index (χ2n) is 2.84. The number of alkyl halides is 1. The Hall–Kier alpha value is -1.85. The number of halogens is 1. The molecule has 0 saturated carbocycles. The fourth-order valence-electron chi connectivity index (χ4n) is 1.01. The van der Waals surface area contributed by atoms with Crippen LogP contribution >= 0.6 is 0 Å². The number of hydrogen-bond acceptors (Lipinski definition) is 4. The molecule has 0 aromatic carbocycles. The fraction of sp³-hybridized carbons (Fsp3) is 0.250. The van der Waals surface area contributed by atoms with E-state index < -0.39 is 16.3 Å². The average Bonchev–Trinajstić information content (AvgIpc) is 2.18. The number of aldehydes is 1. The normalized spacial score (nSPS) is 14.4. The SMILES string of the molecule is CC(F)(C=O)c1ccncc1[N+](=O)[O-]. The molecule has 1 aromatic heterocycles. The highest BCUT2D eigenvalue weighted by atomic mass is 19.1. The van der Waals surface area contributed by atoms with E-state index >= 15 is 0 Å². The summed E-state index contributed by atoms with van der Waals surface area (Å²) in [6.45, 7) is 0.961. The van der Waals surface area contributed by atoms with Crippen LogP contribution < -0.4 is 0 Å². The van der Waals surface area contributed by atoms with Gasteiger partial charge in [0.2, 0.25) is 0 Å². The molecule has 0 aliphatic carbocycles. The highest BCUT2D eigenvalue weighted by molar-refractivity contribution is 5.68. The third kappa shape index (κ3) is 1.73. The van der Waals surface area contributed by atoms with Crippen molar-refractivity contribution in [2.75, 3.05) is 0 Å². The predicted octanol–water partition coefficient (Wildman–Crippen LogP) is 1.37. The van der Waals surface area contributed by atoms with Crippen LogP contribution in [0.5, 0.6) is 0 Å². The van der Waals surface area contributed by atoms with E-state index in [0.717, 1.165) is 19.2 Å². The van der Waals surface area contributed by atoms with Crippen LogP contribution in [0.15, 0.2) is 18.5 Å². The Balaban J connectivity index is 3.33. The van der Waals surface area contributed by atoms with Gasteiger partial charge in [0, 0.05) is 6.20 Å². The first-order chi connectivity index (χ1) is 6.49. The number of carbonyl (C=O) groups excluding carboxylic acids is 1. The minimum absolute atomic E-state index is 0.0231. The van der Waals surface area contributed by atoms with E-state index in [4.69, 9.17) is 0 Å². The molecule has 1 unspecified atom stereocenters. The Bertz CT molecular complexity index is 379. The highest BCUT2D eigenvalue weighted by Gasteiger charge is 2.32. The highest BCUT2D eigenvalue weighted by Crippen LogP contribution is 2.30. The van der Waals surface area contributed by atoms with Crippen LogP contribution in [0.2, 0.25) is 0 Å². The minimum Gasteiger partial charge on any atom is -0.299 e. The lowest BCUT2D eigenvalue weighted by molar-refractivity contribution is -0.386. The molecule has 0 saturated heterocycles. The summed E-state index contributed by atoms with van der Waals surface area (Å²) in [5.74, 6) is 0. The van der Waals surface area contributed by atoms with Crippen molar-refractivity contribution in [3.8, 4) is 0 Å². The lowest BCUT2D eigenvalue weighted by Crippen LogP contribution is -2.18. The molecule has 0 fully saturated rings. The summed E-state index contributed by atoms with van der Waals surface area (Å²) in [6, 6.07) is 1.12. The van der Waals surface area contributed by atoms with Crippen molar-refractivity contribution in [2.24, 2.45) is 0 Å². The summed E-state index contributed by atoms with van der Waals surface area (Å²) in [5.41, 5.74) is -3.14. The molecular formula is C8H7FN2O3. The monoisotopic (exact) mass is 198 g/mol. The van der Waals surface area contributed by atoms with Gasteiger partial charge in [-0.15, -0.1) is 0 Å². The summed E-state index contributed by atoms with van der Waals surface area (Å²) in [7, 11) is 0. The molecule has 1 atom stereocenters. The van der Waals surface area contributed by atoms with Crippen molar-refractivity contribution in [1.82, 2.24) is 4.98 Å². The molecule has 74 valence electrons. The largest absolute Gasteiger partial charge is 0.299 e. The zero-order valence-corrected chi connectivity index (χ0v) is 7.31. The Labute approximate surface area is 78.7 Å². The average molecular weight is 198 g/mol. The lowest BCUT2D eigenvalue weighted by atomic mass is 9.99. The van der Waals surface area contributed by atoms with Crippen molar-refractivity contribution in [3.63, 3.8) is 0 Å². The molecule has 1 rings (SSSR count). The second kappa shape index (κ2) is 3.49. The third-order valence-corrected chi connectivity index (χ3v) is 1.74. The summed E-state index contributed by atoms with van der Waals surface area (Å²) >= 11 is 0. The lowest BCUT2D eigenvalue weighted by Gasteiger charge is -2.11. The molecule has 1 aromatic rings. The van der Waals surface area contributed by atoms with Gasteiger partial charge in [-0.3, -0.25) is 19.9 Å². The fourth-order valence-corrected chi connectivity index (χ4v) is 1.01. The number of nitrogens with zero attached hydrogens (tertiary/aromatic N) is 2.